The van der Waals surface area contributed by atoms with E-state index < -0.39 is 5.60 Å². The zero-order valence-electron chi connectivity index (χ0n) is 11.4. The lowest BCUT2D eigenvalue weighted by molar-refractivity contribution is 0.0199. The number of fused-ring (bicyclic) bond motifs is 1. The summed E-state index contributed by atoms with van der Waals surface area (Å²) in [5, 5.41) is 10.7. The van der Waals surface area contributed by atoms with E-state index in [-0.39, 0.29) is 0 Å². The second-order valence-corrected chi connectivity index (χ2v) is 7.24. The maximum Gasteiger partial charge on any atom is 0.125 e. The quantitative estimate of drug-likeness (QED) is 0.911. The first-order valence-electron chi connectivity index (χ1n) is 7.20. The Bertz CT molecular complexity index is 478. The van der Waals surface area contributed by atoms with Gasteiger partial charge in [0, 0.05) is 17.3 Å². The van der Waals surface area contributed by atoms with Gasteiger partial charge in [-0.2, -0.15) is 0 Å². The third-order valence-corrected chi connectivity index (χ3v) is 4.81. The van der Waals surface area contributed by atoms with Crippen molar-refractivity contribution in [2.45, 2.75) is 51.0 Å². The summed E-state index contributed by atoms with van der Waals surface area (Å²) in [6, 6.07) is 4.23. The maximum atomic E-state index is 10.7. The average molecular weight is 325 g/mol. The number of aliphatic hydroxyl groups is 1. The lowest BCUT2D eigenvalue weighted by atomic mass is 9.76. The highest BCUT2D eigenvalue weighted by Gasteiger charge is 2.31. The molecule has 1 N–H and O–H groups in total. The molecule has 3 heteroatoms. The molecule has 0 spiro atoms. The summed E-state index contributed by atoms with van der Waals surface area (Å²) in [5.74, 6) is 1.73. The van der Waals surface area contributed by atoms with Crippen LogP contribution in [0.1, 0.15) is 43.7 Å². The standard InChI is InChI=1S/C16H21BrO2/c1-16(18,9-11-3-2-4-11)10-13-8-14(17)7-12-5-6-19-15(12)13/h7-8,11,18H,2-6,9-10H2,1H3. The van der Waals surface area contributed by atoms with Gasteiger partial charge in [-0.3, -0.25) is 0 Å². The lowest BCUT2D eigenvalue weighted by Gasteiger charge is -2.33. The molecule has 1 atom stereocenters. The molecule has 1 aliphatic heterocycles. The summed E-state index contributed by atoms with van der Waals surface area (Å²) in [7, 11) is 0. The fourth-order valence-corrected chi connectivity index (χ4v) is 3.83. The molecule has 1 saturated carbocycles. The third-order valence-electron chi connectivity index (χ3n) is 4.35. The molecule has 2 aliphatic rings. The van der Waals surface area contributed by atoms with Gasteiger partial charge in [-0.05, 0) is 42.5 Å². The summed E-state index contributed by atoms with van der Waals surface area (Å²) in [4.78, 5) is 0. The van der Waals surface area contributed by atoms with Gasteiger partial charge in [-0.15, -0.1) is 0 Å². The van der Waals surface area contributed by atoms with Crippen molar-refractivity contribution in [3.05, 3.63) is 27.7 Å². The second kappa shape index (κ2) is 5.10. The molecular weight excluding hydrogens is 304 g/mol. The SMILES string of the molecule is CC(O)(Cc1cc(Br)cc2c1OCC2)CC1CCC1. The molecule has 1 aromatic carbocycles. The van der Waals surface area contributed by atoms with Crippen molar-refractivity contribution in [2.24, 2.45) is 5.92 Å². The second-order valence-electron chi connectivity index (χ2n) is 6.33. The van der Waals surface area contributed by atoms with E-state index in [1.165, 1.54) is 24.8 Å². The third kappa shape index (κ3) is 2.97. The molecule has 1 unspecified atom stereocenters. The van der Waals surface area contributed by atoms with Gasteiger partial charge in [0.2, 0.25) is 0 Å². The van der Waals surface area contributed by atoms with Crippen LogP contribution in [0.5, 0.6) is 5.75 Å². The van der Waals surface area contributed by atoms with Crippen LogP contribution in [-0.4, -0.2) is 17.3 Å². The summed E-state index contributed by atoms with van der Waals surface area (Å²) in [6.45, 7) is 2.73. The van der Waals surface area contributed by atoms with Gasteiger partial charge < -0.3 is 9.84 Å². The molecule has 1 fully saturated rings. The minimum Gasteiger partial charge on any atom is -0.493 e. The number of benzene rings is 1. The summed E-state index contributed by atoms with van der Waals surface area (Å²) < 4.78 is 6.83. The van der Waals surface area contributed by atoms with Crippen molar-refractivity contribution in [1.82, 2.24) is 0 Å². The Morgan fingerprint density at radius 3 is 2.89 bits per heavy atom. The molecule has 1 aromatic rings. The number of hydrogen-bond acceptors (Lipinski definition) is 2. The minimum absolute atomic E-state index is 0.619. The fourth-order valence-electron chi connectivity index (χ4n) is 3.28. The van der Waals surface area contributed by atoms with Gasteiger partial charge in [0.1, 0.15) is 5.75 Å². The molecule has 1 aliphatic carbocycles. The Morgan fingerprint density at radius 1 is 1.42 bits per heavy atom. The van der Waals surface area contributed by atoms with E-state index in [4.69, 9.17) is 4.74 Å². The molecule has 0 radical (unpaired) electrons. The lowest BCUT2D eigenvalue weighted by Crippen LogP contribution is -2.32. The van der Waals surface area contributed by atoms with Gasteiger partial charge >= 0.3 is 0 Å². The van der Waals surface area contributed by atoms with Crippen LogP contribution in [0.4, 0.5) is 0 Å². The van der Waals surface area contributed by atoms with Gasteiger partial charge in [0.15, 0.2) is 0 Å². The van der Waals surface area contributed by atoms with Gasteiger partial charge in [0.25, 0.3) is 0 Å². The monoisotopic (exact) mass is 324 g/mol. The highest BCUT2D eigenvalue weighted by Crippen LogP contribution is 2.38. The van der Waals surface area contributed by atoms with Crippen molar-refractivity contribution in [1.29, 1.82) is 0 Å². The zero-order chi connectivity index (χ0) is 13.5. The number of ether oxygens (including phenoxy) is 1. The molecule has 1 heterocycles. The van der Waals surface area contributed by atoms with Crippen molar-refractivity contribution < 1.29 is 9.84 Å². The fraction of sp³-hybridized carbons (Fsp3) is 0.625. The normalized spacial score (nSPS) is 21.4. The Labute approximate surface area is 123 Å². The molecule has 2 nitrogen and oxygen atoms in total. The van der Waals surface area contributed by atoms with Gasteiger partial charge in [-0.25, -0.2) is 0 Å². The van der Waals surface area contributed by atoms with Gasteiger partial charge in [-0.1, -0.05) is 35.2 Å². The first-order chi connectivity index (χ1) is 9.03. The smallest absolute Gasteiger partial charge is 0.125 e. The average Bonchev–Trinajstić information content (AvgIpc) is 2.71. The van der Waals surface area contributed by atoms with Crippen molar-refractivity contribution in [3.8, 4) is 5.75 Å². The van der Waals surface area contributed by atoms with E-state index in [1.54, 1.807) is 0 Å². The van der Waals surface area contributed by atoms with E-state index in [9.17, 15) is 5.11 Å². The zero-order valence-corrected chi connectivity index (χ0v) is 13.0. The van der Waals surface area contributed by atoms with Crippen LogP contribution in [0.15, 0.2) is 16.6 Å². The first-order valence-corrected chi connectivity index (χ1v) is 7.99. The largest absolute Gasteiger partial charge is 0.493 e. The molecular formula is C16H21BrO2. The Hall–Kier alpha value is -0.540. The van der Waals surface area contributed by atoms with Crippen LogP contribution in [-0.2, 0) is 12.8 Å². The Balaban J connectivity index is 1.78. The van der Waals surface area contributed by atoms with Crippen molar-refractivity contribution in [2.75, 3.05) is 6.61 Å². The molecule has 0 bridgehead atoms. The number of hydrogen-bond donors (Lipinski definition) is 1. The summed E-state index contributed by atoms with van der Waals surface area (Å²) in [5.41, 5.74) is 1.79. The predicted molar refractivity (Wildman–Crippen MR) is 79.6 cm³/mol. The first kappa shape index (κ1) is 13.4. The Morgan fingerprint density at radius 2 is 2.21 bits per heavy atom. The van der Waals surface area contributed by atoms with E-state index >= 15 is 0 Å². The molecule has 0 saturated heterocycles. The summed E-state index contributed by atoms with van der Waals surface area (Å²) >= 11 is 3.56. The van der Waals surface area contributed by atoms with Crippen LogP contribution in [0.25, 0.3) is 0 Å². The highest BCUT2D eigenvalue weighted by molar-refractivity contribution is 9.10. The Kier molecular flexibility index (Phi) is 3.61. The number of halogens is 1. The van der Waals surface area contributed by atoms with Crippen LogP contribution >= 0.6 is 15.9 Å². The molecule has 104 valence electrons. The van der Waals surface area contributed by atoms with Gasteiger partial charge in [0.05, 0.1) is 12.2 Å². The van der Waals surface area contributed by atoms with Crippen molar-refractivity contribution >= 4 is 15.9 Å². The topological polar surface area (TPSA) is 29.5 Å². The summed E-state index contributed by atoms with van der Waals surface area (Å²) in [6.07, 6.45) is 6.47. The predicted octanol–water partition coefficient (Wildman–Crippen LogP) is 3.87. The molecule has 0 amide bonds. The molecule has 19 heavy (non-hydrogen) atoms. The maximum absolute atomic E-state index is 10.7. The molecule has 0 aromatic heterocycles. The molecule has 3 rings (SSSR count). The minimum atomic E-state index is -0.619. The van der Waals surface area contributed by atoms with E-state index in [2.05, 4.69) is 28.1 Å². The highest BCUT2D eigenvalue weighted by atomic mass is 79.9. The van der Waals surface area contributed by atoms with Crippen LogP contribution in [0.3, 0.4) is 0 Å². The van der Waals surface area contributed by atoms with E-state index in [0.29, 0.717) is 6.42 Å². The van der Waals surface area contributed by atoms with Crippen LogP contribution < -0.4 is 4.74 Å². The van der Waals surface area contributed by atoms with E-state index in [1.807, 2.05) is 6.92 Å². The number of rotatable bonds is 4. The van der Waals surface area contributed by atoms with Crippen LogP contribution in [0, 0.1) is 5.92 Å². The van der Waals surface area contributed by atoms with Crippen molar-refractivity contribution in [3.63, 3.8) is 0 Å². The van der Waals surface area contributed by atoms with Crippen LogP contribution in [0.2, 0.25) is 0 Å². The van der Waals surface area contributed by atoms with E-state index in [0.717, 1.165) is 41.2 Å².